The Morgan fingerprint density at radius 2 is 1.75 bits per heavy atom. The molecule has 3 rings (SSSR count). The van der Waals surface area contributed by atoms with E-state index in [0.29, 0.717) is 19.5 Å². The van der Waals surface area contributed by atoms with Crippen LogP contribution in [0.2, 0.25) is 0 Å². The first kappa shape index (κ1) is 17.0. The summed E-state index contributed by atoms with van der Waals surface area (Å²) in [6, 6.07) is 8.63. The second-order valence-electron chi connectivity index (χ2n) is 7.32. The molecule has 1 aromatic rings. The van der Waals surface area contributed by atoms with E-state index in [1.807, 2.05) is 30.9 Å². The first-order valence-corrected chi connectivity index (χ1v) is 8.71. The third-order valence-corrected chi connectivity index (χ3v) is 5.31. The molecule has 1 fully saturated rings. The predicted octanol–water partition coefficient (Wildman–Crippen LogP) is 1.02. The maximum Gasteiger partial charge on any atom is 0.228 e. The standard InChI is InChI=1S/C19H27N3O2/c1-20(2)8-9-22-13-16(12-18(22)23)19(24)21(3)17-10-14-6-4-5-7-15(14)11-17/h4-7,16-17H,8-13H2,1-3H3/t16-/m0/s1. The van der Waals surface area contributed by atoms with Crippen LogP contribution in [0.5, 0.6) is 0 Å². The number of likely N-dealkylation sites (tertiary alicyclic amines) is 1. The van der Waals surface area contributed by atoms with Gasteiger partial charge in [0, 0.05) is 39.1 Å². The molecule has 0 saturated carbocycles. The number of hydrogen-bond acceptors (Lipinski definition) is 3. The lowest BCUT2D eigenvalue weighted by molar-refractivity contribution is -0.136. The zero-order valence-electron chi connectivity index (χ0n) is 14.9. The lowest BCUT2D eigenvalue weighted by atomic mass is 10.1. The highest BCUT2D eigenvalue weighted by Crippen LogP contribution is 2.27. The highest BCUT2D eigenvalue weighted by molar-refractivity contribution is 5.89. The molecule has 0 radical (unpaired) electrons. The molecular weight excluding hydrogens is 302 g/mol. The van der Waals surface area contributed by atoms with E-state index in [0.717, 1.165) is 19.4 Å². The fourth-order valence-electron chi connectivity index (χ4n) is 3.75. The van der Waals surface area contributed by atoms with Crippen molar-refractivity contribution in [2.24, 2.45) is 5.92 Å². The number of likely N-dealkylation sites (N-methyl/N-ethyl adjacent to an activating group) is 2. The second kappa shape index (κ2) is 6.93. The zero-order valence-corrected chi connectivity index (χ0v) is 14.9. The van der Waals surface area contributed by atoms with Crippen LogP contribution < -0.4 is 0 Å². The molecule has 5 heteroatoms. The van der Waals surface area contributed by atoms with Gasteiger partial charge in [-0.25, -0.2) is 0 Å². The van der Waals surface area contributed by atoms with Gasteiger partial charge in [0.05, 0.1) is 5.92 Å². The monoisotopic (exact) mass is 329 g/mol. The van der Waals surface area contributed by atoms with Gasteiger partial charge in [-0.1, -0.05) is 24.3 Å². The van der Waals surface area contributed by atoms with E-state index in [2.05, 4.69) is 29.2 Å². The largest absolute Gasteiger partial charge is 0.342 e. The Morgan fingerprint density at radius 1 is 1.12 bits per heavy atom. The van der Waals surface area contributed by atoms with E-state index < -0.39 is 0 Å². The van der Waals surface area contributed by atoms with Crippen molar-refractivity contribution >= 4 is 11.8 Å². The lowest BCUT2D eigenvalue weighted by Crippen LogP contribution is -2.42. The van der Waals surface area contributed by atoms with Crippen LogP contribution >= 0.6 is 0 Å². The molecule has 0 spiro atoms. The average molecular weight is 329 g/mol. The highest BCUT2D eigenvalue weighted by atomic mass is 16.2. The second-order valence-corrected chi connectivity index (χ2v) is 7.32. The number of hydrogen-bond donors (Lipinski definition) is 0. The Labute approximate surface area is 144 Å². The molecular formula is C19H27N3O2. The Kier molecular flexibility index (Phi) is 4.90. The van der Waals surface area contributed by atoms with Crippen molar-refractivity contribution < 1.29 is 9.59 Å². The SMILES string of the molecule is CN(C)CCN1C[C@@H](C(=O)N(C)C2Cc3ccccc3C2)CC1=O. The third kappa shape index (κ3) is 3.46. The van der Waals surface area contributed by atoms with Crippen molar-refractivity contribution in [3.05, 3.63) is 35.4 Å². The molecule has 0 unspecified atom stereocenters. The van der Waals surface area contributed by atoms with Crippen LogP contribution in [0.3, 0.4) is 0 Å². The quantitative estimate of drug-likeness (QED) is 0.810. The summed E-state index contributed by atoms with van der Waals surface area (Å²) in [4.78, 5) is 30.8. The predicted molar refractivity (Wildman–Crippen MR) is 93.6 cm³/mol. The molecule has 0 aromatic heterocycles. The summed E-state index contributed by atoms with van der Waals surface area (Å²) in [5.41, 5.74) is 2.69. The number of carbonyl (C=O) groups is 2. The van der Waals surface area contributed by atoms with Crippen molar-refractivity contribution in [1.82, 2.24) is 14.7 Å². The Hall–Kier alpha value is -1.88. The van der Waals surface area contributed by atoms with Gasteiger partial charge in [-0.05, 0) is 38.1 Å². The molecule has 130 valence electrons. The maximum absolute atomic E-state index is 12.8. The van der Waals surface area contributed by atoms with Crippen LogP contribution in [0.15, 0.2) is 24.3 Å². The van der Waals surface area contributed by atoms with Gasteiger partial charge in [0.25, 0.3) is 0 Å². The van der Waals surface area contributed by atoms with Crippen molar-refractivity contribution in [3.63, 3.8) is 0 Å². The van der Waals surface area contributed by atoms with Crippen LogP contribution in [0.4, 0.5) is 0 Å². The van der Waals surface area contributed by atoms with Crippen LogP contribution in [0.25, 0.3) is 0 Å². The minimum Gasteiger partial charge on any atom is -0.342 e. The number of rotatable bonds is 5. The maximum atomic E-state index is 12.8. The van der Waals surface area contributed by atoms with E-state index in [-0.39, 0.29) is 23.8 Å². The first-order valence-electron chi connectivity index (χ1n) is 8.71. The summed E-state index contributed by atoms with van der Waals surface area (Å²) in [5.74, 6) is 0.0418. The van der Waals surface area contributed by atoms with Crippen molar-refractivity contribution in [2.75, 3.05) is 40.8 Å². The Morgan fingerprint density at radius 3 is 2.33 bits per heavy atom. The summed E-state index contributed by atoms with van der Waals surface area (Å²) < 4.78 is 0. The van der Waals surface area contributed by atoms with E-state index in [1.165, 1.54) is 11.1 Å². The smallest absolute Gasteiger partial charge is 0.228 e. The fraction of sp³-hybridized carbons (Fsp3) is 0.579. The van der Waals surface area contributed by atoms with Gasteiger partial charge in [-0.2, -0.15) is 0 Å². The molecule has 1 heterocycles. The van der Waals surface area contributed by atoms with Crippen molar-refractivity contribution in [3.8, 4) is 0 Å². The molecule has 0 bridgehead atoms. The number of carbonyl (C=O) groups excluding carboxylic acids is 2. The molecule has 1 saturated heterocycles. The molecule has 2 amide bonds. The van der Waals surface area contributed by atoms with Crippen LogP contribution in [0.1, 0.15) is 17.5 Å². The zero-order chi connectivity index (χ0) is 17.3. The molecule has 1 aliphatic heterocycles. The summed E-state index contributed by atoms with van der Waals surface area (Å²) in [5, 5.41) is 0. The molecule has 1 aliphatic carbocycles. The van der Waals surface area contributed by atoms with Gasteiger partial charge in [0.2, 0.25) is 11.8 Å². The molecule has 1 aromatic carbocycles. The van der Waals surface area contributed by atoms with Gasteiger partial charge >= 0.3 is 0 Å². The van der Waals surface area contributed by atoms with Crippen LogP contribution in [-0.4, -0.2) is 73.3 Å². The van der Waals surface area contributed by atoms with Crippen molar-refractivity contribution in [1.29, 1.82) is 0 Å². The summed E-state index contributed by atoms with van der Waals surface area (Å²) >= 11 is 0. The number of nitrogens with zero attached hydrogens (tertiary/aromatic N) is 3. The minimum atomic E-state index is -0.187. The number of amides is 2. The molecule has 24 heavy (non-hydrogen) atoms. The molecule has 1 atom stereocenters. The van der Waals surface area contributed by atoms with Gasteiger partial charge in [0.1, 0.15) is 0 Å². The van der Waals surface area contributed by atoms with Gasteiger partial charge < -0.3 is 14.7 Å². The van der Waals surface area contributed by atoms with E-state index in [1.54, 1.807) is 0 Å². The van der Waals surface area contributed by atoms with Gasteiger partial charge in [0.15, 0.2) is 0 Å². The highest BCUT2D eigenvalue weighted by Gasteiger charge is 2.38. The average Bonchev–Trinajstić information content (AvgIpc) is 3.14. The molecule has 5 nitrogen and oxygen atoms in total. The van der Waals surface area contributed by atoms with Crippen molar-refractivity contribution in [2.45, 2.75) is 25.3 Å². The summed E-state index contributed by atoms with van der Waals surface area (Å²) in [6.45, 7) is 2.10. The summed E-state index contributed by atoms with van der Waals surface area (Å²) in [7, 11) is 5.88. The number of benzene rings is 1. The third-order valence-electron chi connectivity index (χ3n) is 5.31. The van der Waals surface area contributed by atoms with E-state index in [4.69, 9.17) is 0 Å². The molecule has 2 aliphatic rings. The topological polar surface area (TPSA) is 43.9 Å². The van der Waals surface area contributed by atoms with E-state index >= 15 is 0 Å². The Bertz CT molecular complexity index is 604. The van der Waals surface area contributed by atoms with Crippen LogP contribution in [0, 0.1) is 5.92 Å². The van der Waals surface area contributed by atoms with Gasteiger partial charge in [-0.3, -0.25) is 9.59 Å². The van der Waals surface area contributed by atoms with Crippen LogP contribution in [-0.2, 0) is 22.4 Å². The lowest BCUT2D eigenvalue weighted by Gasteiger charge is -2.27. The summed E-state index contributed by atoms with van der Waals surface area (Å²) in [6.07, 6.45) is 2.20. The fourth-order valence-corrected chi connectivity index (χ4v) is 3.75. The molecule has 0 N–H and O–H groups in total. The van der Waals surface area contributed by atoms with Gasteiger partial charge in [-0.15, -0.1) is 0 Å². The Balaban J connectivity index is 1.58. The normalized spacial score (nSPS) is 20.8. The number of fused-ring (bicyclic) bond motifs is 1. The van der Waals surface area contributed by atoms with E-state index in [9.17, 15) is 9.59 Å². The first-order chi connectivity index (χ1) is 11.5. The minimum absolute atomic E-state index is 0.110.